The minimum absolute atomic E-state index is 0.0632. The predicted octanol–water partition coefficient (Wildman–Crippen LogP) is 0.993. The van der Waals surface area contributed by atoms with E-state index >= 15 is 0 Å². The van der Waals surface area contributed by atoms with Crippen LogP contribution < -0.4 is 5.32 Å². The number of nitrogens with one attached hydrogen (secondary N) is 1. The van der Waals surface area contributed by atoms with Gasteiger partial charge < -0.3 is 10.2 Å². The number of amides is 1. The molecule has 4 nitrogen and oxygen atoms in total. The van der Waals surface area contributed by atoms with Crippen LogP contribution in [0.3, 0.4) is 0 Å². The predicted molar refractivity (Wildman–Crippen MR) is 60.2 cm³/mol. The van der Waals surface area contributed by atoms with Crippen molar-refractivity contribution in [2.24, 2.45) is 5.92 Å². The average Bonchev–Trinajstić information content (AvgIpc) is 2.21. The van der Waals surface area contributed by atoms with Crippen LogP contribution in [0.15, 0.2) is 0 Å². The molecule has 0 saturated heterocycles. The van der Waals surface area contributed by atoms with E-state index in [2.05, 4.69) is 11.4 Å². The molecule has 0 aromatic rings. The normalized spacial score (nSPS) is 12.3. The Morgan fingerprint density at radius 1 is 1.47 bits per heavy atom. The topological polar surface area (TPSA) is 56.1 Å². The van der Waals surface area contributed by atoms with Gasteiger partial charge in [0.1, 0.15) is 0 Å². The van der Waals surface area contributed by atoms with Gasteiger partial charge in [0, 0.05) is 19.1 Å². The molecule has 0 fully saturated rings. The fourth-order valence-electron chi connectivity index (χ4n) is 1.18. The van der Waals surface area contributed by atoms with Crippen molar-refractivity contribution in [2.45, 2.75) is 33.7 Å². The first-order valence-corrected chi connectivity index (χ1v) is 5.42. The van der Waals surface area contributed by atoms with Crippen molar-refractivity contribution >= 4 is 5.91 Å². The molecule has 1 unspecified atom stereocenters. The van der Waals surface area contributed by atoms with Crippen LogP contribution in [0.25, 0.3) is 0 Å². The molecule has 0 spiro atoms. The molecule has 0 radical (unpaired) electrons. The molecule has 15 heavy (non-hydrogen) atoms. The minimum atomic E-state index is -0.104. The van der Waals surface area contributed by atoms with E-state index < -0.39 is 0 Å². The molecule has 0 aliphatic heterocycles. The van der Waals surface area contributed by atoms with E-state index in [-0.39, 0.29) is 11.8 Å². The summed E-state index contributed by atoms with van der Waals surface area (Å²) in [6.07, 6.45) is 0. The number of carbonyl (C=O) groups is 1. The molecule has 1 N–H and O–H groups in total. The van der Waals surface area contributed by atoms with Gasteiger partial charge >= 0.3 is 0 Å². The Morgan fingerprint density at radius 2 is 2.07 bits per heavy atom. The van der Waals surface area contributed by atoms with Crippen LogP contribution >= 0.6 is 0 Å². The van der Waals surface area contributed by atoms with Crippen LogP contribution in [0.5, 0.6) is 0 Å². The van der Waals surface area contributed by atoms with Crippen molar-refractivity contribution in [3.63, 3.8) is 0 Å². The molecule has 0 aromatic heterocycles. The fourth-order valence-corrected chi connectivity index (χ4v) is 1.18. The summed E-state index contributed by atoms with van der Waals surface area (Å²) >= 11 is 0. The van der Waals surface area contributed by atoms with E-state index in [9.17, 15) is 4.79 Å². The monoisotopic (exact) mass is 211 g/mol. The zero-order valence-electron chi connectivity index (χ0n) is 10.1. The van der Waals surface area contributed by atoms with Gasteiger partial charge in [-0.1, -0.05) is 13.8 Å². The van der Waals surface area contributed by atoms with E-state index in [0.29, 0.717) is 25.7 Å². The number of hydrogen-bond donors (Lipinski definition) is 1. The van der Waals surface area contributed by atoms with Crippen molar-refractivity contribution in [1.82, 2.24) is 10.2 Å². The quantitative estimate of drug-likeness (QED) is 0.713. The molecule has 86 valence electrons. The van der Waals surface area contributed by atoms with Crippen molar-refractivity contribution in [2.75, 3.05) is 19.6 Å². The van der Waals surface area contributed by atoms with Gasteiger partial charge in [-0.05, 0) is 13.8 Å². The Balaban J connectivity index is 4.06. The molecule has 1 amide bonds. The second-order valence-corrected chi connectivity index (χ2v) is 4.00. The Hall–Kier alpha value is -1.08. The number of carbonyl (C=O) groups excluding carboxylic acids is 1. The maximum absolute atomic E-state index is 11.7. The number of likely N-dealkylation sites (N-methyl/N-ethyl adjacent to an activating group) is 1. The molecule has 1 atom stereocenters. The Kier molecular flexibility index (Phi) is 6.72. The summed E-state index contributed by atoms with van der Waals surface area (Å²) in [5.41, 5.74) is 0. The molecular weight excluding hydrogens is 190 g/mol. The molecular formula is C11H21N3O. The van der Waals surface area contributed by atoms with E-state index in [4.69, 9.17) is 5.26 Å². The second kappa shape index (κ2) is 7.24. The lowest BCUT2D eigenvalue weighted by Crippen LogP contribution is -2.41. The van der Waals surface area contributed by atoms with Crippen molar-refractivity contribution < 1.29 is 4.79 Å². The highest BCUT2D eigenvalue weighted by molar-refractivity contribution is 5.78. The smallest absolute Gasteiger partial charge is 0.236 e. The van der Waals surface area contributed by atoms with Gasteiger partial charge in [-0.25, -0.2) is 0 Å². The highest BCUT2D eigenvalue weighted by Crippen LogP contribution is 1.98. The molecule has 0 aliphatic carbocycles. The fraction of sp³-hybridized carbons (Fsp3) is 0.818. The molecule has 0 rings (SSSR count). The SMILES string of the molecule is CCN(CC(C)C#N)C(=O)CNC(C)C. The summed E-state index contributed by atoms with van der Waals surface area (Å²) in [6, 6.07) is 2.44. The first kappa shape index (κ1) is 13.9. The average molecular weight is 211 g/mol. The van der Waals surface area contributed by atoms with Crippen LogP contribution in [-0.2, 0) is 4.79 Å². The van der Waals surface area contributed by atoms with E-state index in [0.717, 1.165) is 0 Å². The zero-order valence-corrected chi connectivity index (χ0v) is 10.1. The molecule has 4 heteroatoms. The molecule has 0 bridgehead atoms. The van der Waals surface area contributed by atoms with Crippen LogP contribution in [-0.4, -0.2) is 36.5 Å². The Bertz CT molecular complexity index is 232. The van der Waals surface area contributed by atoms with Crippen molar-refractivity contribution in [3.8, 4) is 6.07 Å². The van der Waals surface area contributed by atoms with Crippen molar-refractivity contribution in [3.05, 3.63) is 0 Å². The highest BCUT2D eigenvalue weighted by Gasteiger charge is 2.14. The number of rotatable bonds is 6. The first-order valence-electron chi connectivity index (χ1n) is 5.42. The van der Waals surface area contributed by atoms with Gasteiger partial charge in [0.05, 0.1) is 18.5 Å². The molecule has 0 heterocycles. The lowest BCUT2D eigenvalue weighted by Gasteiger charge is -2.22. The van der Waals surface area contributed by atoms with E-state index in [1.807, 2.05) is 27.7 Å². The third-order valence-corrected chi connectivity index (χ3v) is 2.11. The summed E-state index contributed by atoms with van der Waals surface area (Å²) < 4.78 is 0. The van der Waals surface area contributed by atoms with Gasteiger partial charge in [-0.15, -0.1) is 0 Å². The summed E-state index contributed by atoms with van der Waals surface area (Å²) in [5.74, 6) is -0.0405. The van der Waals surface area contributed by atoms with Gasteiger partial charge in [-0.2, -0.15) is 5.26 Å². The maximum atomic E-state index is 11.7. The van der Waals surface area contributed by atoms with Crippen LogP contribution in [0.4, 0.5) is 0 Å². The van der Waals surface area contributed by atoms with E-state index in [1.54, 1.807) is 4.90 Å². The van der Waals surface area contributed by atoms with Gasteiger partial charge in [0.15, 0.2) is 0 Å². The van der Waals surface area contributed by atoms with Crippen LogP contribution in [0.1, 0.15) is 27.7 Å². The summed E-state index contributed by atoms with van der Waals surface area (Å²) in [7, 11) is 0. The summed E-state index contributed by atoms with van der Waals surface area (Å²) in [4.78, 5) is 13.4. The Labute approximate surface area is 92.3 Å². The third kappa shape index (κ3) is 6.08. The number of hydrogen-bond acceptors (Lipinski definition) is 3. The Morgan fingerprint density at radius 3 is 2.47 bits per heavy atom. The van der Waals surface area contributed by atoms with Gasteiger partial charge in [0.25, 0.3) is 0 Å². The molecule has 0 saturated carbocycles. The highest BCUT2D eigenvalue weighted by atomic mass is 16.2. The van der Waals surface area contributed by atoms with Gasteiger partial charge in [-0.3, -0.25) is 4.79 Å². The second-order valence-electron chi connectivity index (χ2n) is 4.00. The molecule has 0 aromatic carbocycles. The zero-order chi connectivity index (χ0) is 11.8. The van der Waals surface area contributed by atoms with Crippen LogP contribution in [0, 0.1) is 17.2 Å². The minimum Gasteiger partial charge on any atom is -0.341 e. The van der Waals surface area contributed by atoms with E-state index in [1.165, 1.54) is 0 Å². The summed E-state index contributed by atoms with van der Waals surface area (Å²) in [5, 5.41) is 11.8. The summed E-state index contributed by atoms with van der Waals surface area (Å²) in [6.45, 7) is 9.28. The largest absolute Gasteiger partial charge is 0.341 e. The standard InChI is InChI=1S/C11H21N3O/c1-5-14(8-10(4)6-12)11(15)7-13-9(2)3/h9-10,13H,5,7-8H2,1-4H3. The van der Waals surface area contributed by atoms with Gasteiger partial charge in [0.2, 0.25) is 5.91 Å². The van der Waals surface area contributed by atoms with Crippen LogP contribution in [0.2, 0.25) is 0 Å². The lowest BCUT2D eigenvalue weighted by atomic mass is 10.2. The maximum Gasteiger partial charge on any atom is 0.236 e. The molecule has 0 aliphatic rings. The number of nitrogens with zero attached hydrogens (tertiary/aromatic N) is 2. The third-order valence-electron chi connectivity index (χ3n) is 2.11. The first-order chi connectivity index (χ1) is 7.01. The number of nitriles is 1. The lowest BCUT2D eigenvalue weighted by molar-refractivity contribution is -0.130. The van der Waals surface area contributed by atoms with Crippen molar-refractivity contribution in [1.29, 1.82) is 5.26 Å².